The van der Waals surface area contributed by atoms with Gasteiger partial charge in [0.15, 0.2) is 0 Å². The van der Waals surface area contributed by atoms with Crippen LogP contribution in [-0.2, 0) is 9.53 Å². The minimum Gasteiger partial charge on any atom is -0.468 e. The van der Waals surface area contributed by atoms with Crippen molar-refractivity contribution in [3.8, 4) is 0 Å². The van der Waals surface area contributed by atoms with Crippen LogP contribution in [0.4, 0.5) is 0 Å². The lowest BCUT2D eigenvalue weighted by Gasteiger charge is -2.29. The number of methoxy groups -OCH3 is 1. The van der Waals surface area contributed by atoms with Crippen molar-refractivity contribution in [1.29, 1.82) is 0 Å². The first-order valence-electron chi connectivity index (χ1n) is 7.04. The Labute approximate surface area is 106 Å². The molecule has 0 spiro atoms. The molecule has 100 valence electrons. The summed E-state index contributed by atoms with van der Waals surface area (Å²) in [5.74, 6) is 0.780. The van der Waals surface area contributed by atoms with E-state index >= 15 is 0 Å². The maximum Gasteiger partial charge on any atom is 0.323 e. The Hall–Kier alpha value is -0.570. The summed E-state index contributed by atoms with van der Waals surface area (Å²) >= 11 is 0. The fraction of sp³-hybridized carbons (Fsp3) is 0.929. The van der Waals surface area contributed by atoms with Crippen molar-refractivity contribution in [1.82, 2.24) is 4.90 Å². The average molecular weight is 241 g/mol. The molecule has 0 heterocycles. The lowest BCUT2D eigenvalue weighted by molar-refractivity contribution is -0.147. The van der Waals surface area contributed by atoms with Crippen LogP contribution in [0.25, 0.3) is 0 Å². The second-order valence-corrected chi connectivity index (χ2v) is 5.12. The molecule has 0 bridgehead atoms. The molecular weight excluding hydrogens is 214 g/mol. The standard InChI is InChI=1S/C14H27NO2/c1-4-6-7-13(14(16)17-3)15(10-5-2)11-12-8-9-12/h12-13H,4-11H2,1-3H3. The smallest absolute Gasteiger partial charge is 0.323 e. The highest BCUT2D eigenvalue weighted by molar-refractivity contribution is 5.75. The van der Waals surface area contributed by atoms with E-state index in [1.54, 1.807) is 0 Å². The molecule has 1 aliphatic rings. The van der Waals surface area contributed by atoms with Gasteiger partial charge in [-0.15, -0.1) is 0 Å². The average Bonchev–Trinajstić information content (AvgIpc) is 3.13. The summed E-state index contributed by atoms with van der Waals surface area (Å²) in [4.78, 5) is 14.2. The van der Waals surface area contributed by atoms with Crippen LogP contribution in [-0.4, -0.2) is 37.1 Å². The molecule has 1 fully saturated rings. The molecule has 1 aliphatic carbocycles. The first-order chi connectivity index (χ1) is 8.22. The van der Waals surface area contributed by atoms with Gasteiger partial charge in [-0.3, -0.25) is 9.69 Å². The predicted molar refractivity (Wildman–Crippen MR) is 69.9 cm³/mol. The van der Waals surface area contributed by atoms with Crippen LogP contribution < -0.4 is 0 Å². The monoisotopic (exact) mass is 241 g/mol. The van der Waals surface area contributed by atoms with E-state index < -0.39 is 0 Å². The van der Waals surface area contributed by atoms with Gasteiger partial charge in [0.05, 0.1) is 7.11 Å². The van der Waals surface area contributed by atoms with Crippen LogP contribution in [0, 0.1) is 5.92 Å². The Bertz CT molecular complexity index is 226. The van der Waals surface area contributed by atoms with E-state index in [1.807, 2.05) is 0 Å². The Kier molecular flexibility index (Phi) is 6.56. The Morgan fingerprint density at radius 3 is 2.53 bits per heavy atom. The van der Waals surface area contributed by atoms with E-state index in [9.17, 15) is 4.79 Å². The van der Waals surface area contributed by atoms with Gasteiger partial charge >= 0.3 is 5.97 Å². The fourth-order valence-electron chi connectivity index (χ4n) is 2.28. The molecule has 1 saturated carbocycles. The number of carbonyl (C=O) groups is 1. The second-order valence-electron chi connectivity index (χ2n) is 5.12. The number of rotatable bonds is 9. The van der Waals surface area contributed by atoms with E-state index in [-0.39, 0.29) is 12.0 Å². The quantitative estimate of drug-likeness (QED) is 0.581. The number of ether oxygens (including phenoxy) is 1. The highest BCUT2D eigenvalue weighted by atomic mass is 16.5. The van der Waals surface area contributed by atoms with Crippen LogP contribution in [0.3, 0.4) is 0 Å². The summed E-state index contributed by atoms with van der Waals surface area (Å²) in [6, 6.07) is -0.0134. The van der Waals surface area contributed by atoms with Crippen LogP contribution in [0.2, 0.25) is 0 Å². The van der Waals surface area contributed by atoms with Crippen molar-refractivity contribution >= 4 is 5.97 Å². The largest absolute Gasteiger partial charge is 0.468 e. The van der Waals surface area contributed by atoms with Crippen molar-refractivity contribution in [3.05, 3.63) is 0 Å². The van der Waals surface area contributed by atoms with Gasteiger partial charge in [0.25, 0.3) is 0 Å². The van der Waals surface area contributed by atoms with Gasteiger partial charge < -0.3 is 4.74 Å². The van der Waals surface area contributed by atoms with Crippen LogP contribution in [0.1, 0.15) is 52.4 Å². The van der Waals surface area contributed by atoms with Gasteiger partial charge in [-0.2, -0.15) is 0 Å². The van der Waals surface area contributed by atoms with E-state index in [0.717, 1.165) is 44.7 Å². The molecule has 0 aromatic carbocycles. The predicted octanol–water partition coefficient (Wildman–Crippen LogP) is 2.84. The lowest BCUT2D eigenvalue weighted by atomic mass is 10.1. The minimum absolute atomic E-state index is 0.0134. The molecule has 0 aromatic heterocycles. The summed E-state index contributed by atoms with van der Waals surface area (Å²) in [7, 11) is 1.50. The molecule has 17 heavy (non-hydrogen) atoms. The van der Waals surface area contributed by atoms with Crippen molar-refractivity contribution in [2.45, 2.75) is 58.4 Å². The molecule has 1 unspecified atom stereocenters. The number of hydrogen-bond acceptors (Lipinski definition) is 3. The molecule has 0 radical (unpaired) electrons. The van der Waals surface area contributed by atoms with E-state index in [4.69, 9.17) is 4.74 Å². The van der Waals surface area contributed by atoms with E-state index in [0.29, 0.717) is 0 Å². The lowest BCUT2D eigenvalue weighted by Crippen LogP contribution is -2.43. The molecule has 3 nitrogen and oxygen atoms in total. The molecule has 0 saturated heterocycles. The maximum absolute atomic E-state index is 11.9. The molecular formula is C14H27NO2. The van der Waals surface area contributed by atoms with Gasteiger partial charge in [-0.25, -0.2) is 0 Å². The number of hydrogen-bond donors (Lipinski definition) is 0. The zero-order valence-corrected chi connectivity index (χ0v) is 11.6. The zero-order chi connectivity index (χ0) is 12.7. The molecule has 0 amide bonds. The minimum atomic E-state index is -0.0486. The Balaban J connectivity index is 2.55. The third-order valence-electron chi connectivity index (χ3n) is 3.45. The molecule has 0 aliphatic heterocycles. The SMILES string of the molecule is CCCCC(C(=O)OC)N(CCC)CC1CC1. The highest BCUT2D eigenvalue weighted by Crippen LogP contribution is 2.31. The number of carbonyl (C=O) groups excluding carboxylic acids is 1. The van der Waals surface area contributed by atoms with E-state index in [2.05, 4.69) is 18.7 Å². The summed E-state index contributed by atoms with van der Waals surface area (Å²) in [5, 5.41) is 0. The van der Waals surface area contributed by atoms with Gasteiger partial charge in [0.2, 0.25) is 0 Å². The molecule has 3 heteroatoms. The summed E-state index contributed by atoms with van der Waals surface area (Å²) in [6.45, 7) is 6.44. The van der Waals surface area contributed by atoms with Crippen molar-refractivity contribution < 1.29 is 9.53 Å². The molecule has 1 rings (SSSR count). The van der Waals surface area contributed by atoms with Gasteiger partial charge in [0.1, 0.15) is 6.04 Å². The Morgan fingerprint density at radius 2 is 2.06 bits per heavy atom. The van der Waals surface area contributed by atoms with Crippen LogP contribution in [0.15, 0.2) is 0 Å². The van der Waals surface area contributed by atoms with Crippen molar-refractivity contribution in [3.63, 3.8) is 0 Å². The number of unbranched alkanes of at least 4 members (excludes halogenated alkanes) is 1. The van der Waals surface area contributed by atoms with Gasteiger partial charge in [-0.1, -0.05) is 26.7 Å². The van der Waals surface area contributed by atoms with Crippen molar-refractivity contribution in [2.75, 3.05) is 20.2 Å². The first kappa shape index (κ1) is 14.5. The second kappa shape index (κ2) is 7.70. The third kappa shape index (κ3) is 5.07. The number of esters is 1. The maximum atomic E-state index is 11.9. The topological polar surface area (TPSA) is 29.5 Å². The zero-order valence-electron chi connectivity index (χ0n) is 11.6. The molecule has 1 atom stereocenters. The highest BCUT2D eigenvalue weighted by Gasteiger charge is 2.31. The Morgan fingerprint density at radius 1 is 1.35 bits per heavy atom. The first-order valence-corrected chi connectivity index (χ1v) is 7.04. The van der Waals surface area contributed by atoms with Crippen LogP contribution >= 0.6 is 0 Å². The third-order valence-corrected chi connectivity index (χ3v) is 3.45. The normalized spacial score (nSPS) is 17.2. The molecule has 0 N–H and O–H groups in total. The number of nitrogens with zero attached hydrogens (tertiary/aromatic N) is 1. The van der Waals surface area contributed by atoms with Gasteiger partial charge in [-0.05, 0) is 38.1 Å². The van der Waals surface area contributed by atoms with E-state index in [1.165, 1.54) is 20.0 Å². The fourth-order valence-corrected chi connectivity index (χ4v) is 2.28. The van der Waals surface area contributed by atoms with Crippen LogP contribution in [0.5, 0.6) is 0 Å². The molecule has 0 aromatic rings. The summed E-state index contributed by atoms with van der Waals surface area (Å²) in [5.41, 5.74) is 0. The summed E-state index contributed by atoms with van der Waals surface area (Å²) in [6.07, 6.45) is 6.95. The summed E-state index contributed by atoms with van der Waals surface area (Å²) < 4.78 is 4.96. The van der Waals surface area contributed by atoms with Gasteiger partial charge in [0, 0.05) is 6.54 Å². The van der Waals surface area contributed by atoms with Crippen molar-refractivity contribution in [2.24, 2.45) is 5.92 Å².